The summed E-state index contributed by atoms with van der Waals surface area (Å²) in [6, 6.07) is 10.3. The van der Waals surface area contributed by atoms with Gasteiger partial charge in [0.2, 0.25) is 12.3 Å². The predicted molar refractivity (Wildman–Crippen MR) is 89.0 cm³/mol. The van der Waals surface area contributed by atoms with E-state index in [0.29, 0.717) is 6.67 Å². The van der Waals surface area contributed by atoms with Crippen LogP contribution in [0.25, 0.3) is 0 Å². The molecule has 0 bridgehead atoms. The molecule has 1 unspecified atom stereocenters. The molecule has 1 aromatic rings. The zero-order valence-electron chi connectivity index (χ0n) is 13.5. The maximum absolute atomic E-state index is 12.5. The molecule has 0 aromatic heterocycles. The molecule has 0 radical (unpaired) electrons. The van der Waals surface area contributed by atoms with Gasteiger partial charge in [0.15, 0.2) is 0 Å². The number of hydrogen-bond donors (Lipinski definition) is 2. The third kappa shape index (κ3) is 3.03. The van der Waals surface area contributed by atoms with Crippen LogP contribution in [0.3, 0.4) is 0 Å². The van der Waals surface area contributed by atoms with Gasteiger partial charge in [-0.25, -0.2) is 0 Å². The highest BCUT2D eigenvalue weighted by Gasteiger charge is 2.50. The average molecular weight is 316 g/mol. The largest absolute Gasteiger partial charge is 0.355 e. The van der Waals surface area contributed by atoms with Crippen LogP contribution in [0.15, 0.2) is 30.3 Å². The lowest BCUT2D eigenvalue weighted by atomic mass is 9.85. The summed E-state index contributed by atoms with van der Waals surface area (Å²) in [5.41, 5.74) is 0.661. The molecule has 2 saturated heterocycles. The number of nitrogens with one attached hydrogen (secondary N) is 2. The third-order valence-corrected chi connectivity index (χ3v) is 4.97. The summed E-state index contributed by atoms with van der Waals surface area (Å²) in [6.07, 6.45) is 2.36. The van der Waals surface area contributed by atoms with Crippen molar-refractivity contribution >= 4 is 18.0 Å². The van der Waals surface area contributed by atoms with Crippen LogP contribution in [0, 0.1) is 0 Å². The first-order valence-electron chi connectivity index (χ1n) is 8.19. The van der Waals surface area contributed by atoms with Crippen molar-refractivity contribution in [3.8, 4) is 0 Å². The number of carbonyl (C=O) groups excluding carboxylic acids is 2. The Hall–Kier alpha value is -2.08. The number of amides is 2. The van der Waals surface area contributed by atoms with Gasteiger partial charge in [-0.1, -0.05) is 18.2 Å². The number of piperidine rings is 1. The van der Waals surface area contributed by atoms with Crippen molar-refractivity contribution in [2.24, 2.45) is 0 Å². The number of nitrogens with zero attached hydrogens (tertiary/aromatic N) is 2. The fourth-order valence-corrected chi connectivity index (χ4v) is 3.69. The van der Waals surface area contributed by atoms with Gasteiger partial charge in [-0.2, -0.15) is 0 Å². The minimum atomic E-state index is -0.431. The first-order chi connectivity index (χ1) is 11.2. The summed E-state index contributed by atoms with van der Waals surface area (Å²) >= 11 is 0. The molecular formula is C17H24N4O2. The third-order valence-electron chi connectivity index (χ3n) is 4.97. The molecule has 2 aliphatic heterocycles. The first-order valence-corrected chi connectivity index (χ1v) is 8.19. The van der Waals surface area contributed by atoms with Crippen LogP contribution < -0.4 is 15.5 Å². The number of hydrogen-bond acceptors (Lipinski definition) is 4. The Morgan fingerprint density at radius 1 is 1.30 bits per heavy atom. The van der Waals surface area contributed by atoms with E-state index in [4.69, 9.17) is 0 Å². The van der Waals surface area contributed by atoms with E-state index >= 15 is 0 Å². The lowest BCUT2D eigenvalue weighted by Crippen LogP contribution is -2.57. The molecule has 2 amide bonds. The highest BCUT2D eigenvalue weighted by molar-refractivity contribution is 5.93. The van der Waals surface area contributed by atoms with Gasteiger partial charge in [0, 0.05) is 31.4 Å². The monoisotopic (exact) mass is 316 g/mol. The summed E-state index contributed by atoms with van der Waals surface area (Å²) < 4.78 is 0. The normalized spacial score (nSPS) is 22.0. The SMILES string of the molecule is CC(CN1CCC2(CC1)C(=O)NCN2c1ccccc1)NC=O. The van der Waals surface area contributed by atoms with Gasteiger partial charge in [0.1, 0.15) is 5.54 Å². The van der Waals surface area contributed by atoms with E-state index in [1.165, 1.54) is 0 Å². The van der Waals surface area contributed by atoms with E-state index in [2.05, 4.69) is 32.6 Å². The number of carbonyl (C=O) groups is 2. The van der Waals surface area contributed by atoms with Crippen molar-refractivity contribution in [3.05, 3.63) is 30.3 Å². The summed E-state index contributed by atoms with van der Waals surface area (Å²) in [4.78, 5) is 27.6. The molecule has 1 atom stereocenters. The first kappa shape index (κ1) is 15.8. The molecule has 6 nitrogen and oxygen atoms in total. The summed E-state index contributed by atoms with van der Waals surface area (Å²) in [6.45, 7) is 5.12. The van der Waals surface area contributed by atoms with Gasteiger partial charge in [0.05, 0.1) is 6.67 Å². The van der Waals surface area contributed by atoms with E-state index in [0.717, 1.165) is 44.6 Å². The molecule has 2 heterocycles. The smallest absolute Gasteiger partial charge is 0.247 e. The Balaban J connectivity index is 1.69. The van der Waals surface area contributed by atoms with Crippen LogP contribution in [0.1, 0.15) is 19.8 Å². The fraction of sp³-hybridized carbons (Fsp3) is 0.529. The molecule has 124 valence electrons. The fourth-order valence-electron chi connectivity index (χ4n) is 3.69. The lowest BCUT2D eigenvalue weighted by molar-refractivity contribution is -0.125. The molecule has 3 rings (SSSR count). The number of para-hydroxylation sites is 1. The van der Waals surface area contributed by atoms with E-state index in [-0.39, 0.29) is 11.9 Å². The number of rotatable bonds is 5. The molecule has 23 heavy (non-hydrogen) atoms. The minimum absolute atomic E-state index is 0.129. The second kappa shape index (κ2) is 6.58. The second-order valence-corrected chi connectivity index (χ2v) is 6.45. The Morgan fingerprint density at radius 2 is 2.00 bits per heavy atom. The van der Waals surface area contributed by atoms with Crippen molar-refractivity contribution in [1.29, 1.82) is 0 Å². The Kier molecular flexibility index (Phi) is 4.52. The molecule has 2 N–H and O–H groups in total. The summed E-state index contributed by atoms with van der Waals surface area (Å²) in [7, 11) is 0. The average Bonchev–Trinajstić information content (AvgIpc) is 2.87. The topological polar surface area (TPSA) is 64.7 Å². The maximum Gasteiger partial charge on any atom is 0.247 e. The van der Waals surface area contributed by atoms with Crippen molar-refractivity contribution in [3.63, 3.8) is 0 Å². The molecule has 1 spiro atoms. The summed E-state index contributed by atoms with van der Waals surface area (Å²) in [5.74, 6) is 0.139. The van der Waals surface area contributed by atoms with Crippen molar-refractivity contribution in [2.45, 2.75) is 31.3 Å². The Labute approximate surface area is 136 Å². The van der Waals surface area contributed by atoms with Crippen molar-refractivity contribution < 1.29 is 9.59 Å². The predicted octanol–water partition coefficient (Wildman–Crippen LogP) is 0.549. The second-order valence-electron chi connectivity index (χ2n) is 6.45. The standard InChI is InChI=1S/C17H24N4O2/c1-14(19-13-22)11-20-9-7-17(8-10-20)16(23)18-12-21(17)15-5-3-2-4-6-15/h2-6,13-14H,7-12H2,1H3,(H,18,23)(H,19,22). The number of benzene rings is 1. The van der Waals surface area contributed by atoms with Gasteiger partial charge >= 0.3 is 0 Å². The van der Waals surface area contributed by atoms with Crippen LogP contribution in [-0.2, 0) is 9.59 Å². The molecular weight excluding hydrogens is 292 g/mol. The van der Waals surface area contributed by atoms with E-state index in [1.807, 2.05) is 25.1 Å². The zero-order valence-corrected chi connectivity index (χ0v) is 13.5. The lowest BCUT2D eigenvalue weighted by Gasteiger charge is -2.43. The van der Waals surface area contributed by atoms with Gasteiger partial charge < -0.3 is 20.4 Å². The molecule has 1 aromatic carbocycles. The molecule has 0 aliphatic carbocycles. The molecule has 2 fully saturated rings. The molecule has 6 heteroatoms. The van der Waals surface area contributed by atoms with Crippen molar-refractivity contribution in [1.82, 2.24) is 15.5 Å². The zero-order chi connectivity index (χ0) is 16.3. The summed E-state index contributed by atoms with van der Waals surface area (Å²) in [5, 5.41) is 5.80. The van der Waals surface area contributed by atoms with Crippen LogP contribution in [0.2, 0.25) is 0 Å². The molecule has 2 aliphatic rings. The van der Waals surface area contributed by atoms with E-state index in [9.17, 15) is 9.59 Å². The highest BCUT2D eigenvalue weighted by atomic mass is 16.2. The van der Waals surface area contributed by atoms with Gasteiger partial charge in [-0.15, -0.1) is 0 Å². The van der Waals surface area contributed by atoms with Gasteiger partial charge in [-0.05, 0) is 31.9 Å². The van der Waals surface area contributed by atoms with Crippen LogP contribution in [0.4, 0.5) is 5.69 Å². The number of likely N-dealkylation sites (tertiary alicyclic amines) is 1. The maximum atomic E-state index is 12.5. The Morgan fingerprint density at radius 3 is 2.65 bits per heavy atom. The number of anilines is 1. The van der Waals surface area contributed by atoms with E-state index in [1.54, 1.807) is 0 Å². The quantitative estimate of drug-likeness (QED) is 0.779. The van der Waals surface area contributed by atoms with Crippen molar-refractivity contribution in [2.75, 3.05) is 31.2 Å². The van der Waals surface area contributed by atoms with Crippen LogP contribution in [-0.4, -0.2) is 55.1 Å². The minimum Gasteiger partial charge on any atom is -0.355 e. The van der Waals surface area contributed by atoms with E-state index < -0.39 is 5.54 Å². The molecule has 0 saturated carbocycles. The highest BCUT2D eigenvalue weighted by Crippen LogP contribution is 2.36. The Bertz CT molecular complexity index is 555. The van der Waals surface area contributed by atoms with Gasteiger partial charge in [0.25, 0.3) is 0 Å². The van der Waals surface area contributed by atoms with Crippen LogP contribution in [0.5, 0.6) is 0 Å². The van der Waals surface area contributed by atoms with Crippen LogP contribution >= 0.6 is 0 Å². The van der Waals surface area contributed by atoms with Gasteiger partial charge in [-0.3, -0.25) is 9.59 Å².